The number of nitrogens with two attached hydrogens (primary N) is 1. The molecule has 0 aliphatic carbocycles. The van der Waals surface area contributed by atoms with E-state index in [1.54, 1.807) is 13.8 Å². The highest BCUT2D eigenvalue weighted by molar-refractivity contribution is 7.48. The van der Waals surface area contributed by atoms with Crippen LogP contribution < -0.4 is 11.4 Å². The summed E-state index contributed by atoms with van der Waals surface area (Å²) in [5.74, 6) is -1.83. The summed E-state index contributed by atoms with van der Waals surface area (Å²) < 4.78 is 62.9. The molecule has 6 atom stereocenters. The number of phosphoric acid groups is 1. The van der Waals surface area contributed by atoms with Gasteiger partial charge < -0.3 is 10.5 Å². The number of aromatic nitrogens is 2. The Balaban J connectivity index is 1.93. The van der Waals surface area contributed by atoms with Crippen LogP contribution in [0.1, 0.15) is 20.1 Å². The van der Waals surface area contributed by atoms with Crippen molar-refractivity contribution in [2.24, 2.45) is 0 Å². The molecule has 0 amide bonds. The number of ether oxygens (including phenoxy) is 1. The molecule has 2 N–H and O–H groups in total. The monoisotopic (exact) mass is 415 g/mol. The molecule has 2 aliphatic heterocycles. The maximum absolute atomic E-state index is 14.9. The molecule has 26 heavy (non-hydrogen) atoms. The van der Waals surface area contributed by atoms with Crippen molar-refractivity contribution in [3.63, 3.8) is 0 Å². The molecule has 13 heteroatoms. The summed E-state index contributed by atoms with van der Waals surface area (Å²) in [5, 5.41) is 0. The molecule has 0 bridgehead atoms. The van der Waals surface area contributed by atoms with Gasteiger partial charge in [0.1, 0.15) is 18.3 Å². The van der Waals surface area contributed by atoms with E-state index in [2.05, 4.69) is 4.98 Å². The topological polar surface area (TPSA) is 115 Å². The number of nitrogen functional groups attached to an aromatic ring is 1. The molecule has 146 valence electrons. The lowest BCUT2D eigenvalue weighted by Gasteiger charge is -2.36. The molecule has 2 saturated heterocycles. The van der Waals surface area contributed by atoms with Crippen molar-refractivity contribution in [2.75, 3.05) is 11.6 Å². The highest BCUT2D eigenvalue weighted by Gasteiger charge is 2.58. The highest BCUT2D eigenvalue weighted by Crippen LogP contribution is 2.59. The third-order valence-electron chi connectivity index (χ3n) is 3.79. The Hall–Kier alpha value is -1.10. The number of anilines is 1. The van der Waals surface area contributed by atoms with Crippen LogP contribution in [0, 0.1) is 5.82 Å². The minimum atomic E-state index is -4.10. The van der Waals surface area contributed by atoms with E-state index >= 15 is 0 Å². The van der Waals surface area contributed by atoms with E-state index in [1.165, 1.54) is 0 Å². The van der Waals surface area contributed by atoms with Gasteiger partial charge in [0, 0.05) is 0 Å². The summed E-state index contributed by atoms with van der Waals surface area (Å²) >= 11 is 5.81. The van der Waals surface area contributed by atoms with E-state index in [4.69, 9.17) is 35.6 Å². The predicted octanol–water partition coefficient (Wildman–Crippen LogP) is 1.76. The fourth-order valence-electron chi connectivity index (χ4n) is 2.76. The van der Waals surface area contributed by atoms with Crippen molar-refractivity contribution in [1.29, 1.82) is 0 Å². The van der Waals surface area contributed by atoms with Crippen LogP contribution in [-0.4, -0.2) is 46.0 Å². The first kappa shape index (κ1) is 19.7. The zero-order chi connectivity index (χ0) is 19.2. The van der Waals surface area contributed by atoms with Crippen molar-refractivity contribution in [3.8, 4) is 0 Å². The lowest BCUT2D eigenvalue weighted by Crippen LogP contribution is -2.45. The normalized spacial score (nSPS) is 37.1. The Labute approximate surface area is 151 Å². The second-order valence-electron chi connectivity index (χ2n) is 6.07. The number of halogens is 3. The summed E-state index contributed by atoms with van der Waals surface area (Å²) in [4.78, 5) is 15.2. The van der Waals surface area contributed by atoms with Gasteiger partial charge >= 0.3 is 13.5 Å². The van der Waals surface area contributed by atoms with Crippen LogP contribution in [-0.2, 0) is 22.9 Å². The number of fused-ring (bicyclic) bond motifs is 1. The summed E-state index contributed by atoms with van der Waals surface area (Å²) in [6.45, 7) is 3.19. The summed E-state index contributed by atoms with van der Waals surface area (Å²) in [7, 11) is -4.10. The molecule has 3 heterocycles. The van der Waals surface area contributed by atoms with Crippen molar-refractivity contribution in [2.45, 2.75) is 50.7 Å². The first-order valence-electron chi connectivity index (χ1n) is 7.70. The smallest absolute Gasteiger partial charge is 0.381 e. The molecule has 3 rings (SSSR count). The molecule has 2 aliphatic rings. The molecule has 0 spiro atoms. The minimum Gasteiger partial charge on any atom is -0.381 e. The highest BCUT2D eigenvalue weighted by atomic mass is 35.5. The average Bonchev–Trinajstić information content (AvgIpc) is 2.86. The molecular formula is C13H17ClF2N3O6P. The zero-order valence-corrected chi connectivity index (χ0v) is 15.4. The van der Waals surface area contributed by atoms with Gasteiger partial charge in [-0.25, -0.2) is 18.1 Å². The summed E-state index contributed by atoms with van der Waals surface area (Å²) in [6, 6.07) is 0. The Kier molecular flexibility index (Phi) is 5.40. The second-order valence-corrected chi connectivity index (χ2v) is 7.90. The van der Waals surface area contributed by atoms with Gasteiger partial charge in [-0.05, 0) is 13.8 Å². The Morgan fingerprint density at radius 3 is 2.77 bits per heavy atom. The lowest BCUT2D eigenvalue weighted by atomic mass is 10.1. The standard InChI is InChI=1S/C13H17ClF2N3O6P/c1-5(2)23-26(21)24-7(3-14)9-10(25-26)8(16)12(22-9)19-4-6(15)11(17)18-13(19)20/h4-5,7-10,12H,3H2,1-2H3,(H2,17,18,20)/t7?,8-,9-,10-,12+,26+/m0/s1. The third-order valence-corrected chi connectivity index (χ3v) is 5.80. The van der Waals surface area contributed by atoms with E-state index in [-0.39, 0.29) is 5.88 Å². The van der Waals surface area contributed by atoms with Crippen LogP contribution in [0.4, 0.5) is 14.6 Å². The molecule has 9 nitrogen and oxygen atoms in total. The minimum absolute atomic E-state index is 0.196. The van der Waals surface area contributed by atoms with Gasteiger partial charge in [0.05, 0.1) is 18.2 Å². The fourth-order valence-corrected chi connectivity index (χ4v) is 4.81. The van der Waals surface area contributed by atoms with E-state index in [1.807, 2.05) is 0 Å². The van der Waals surface area contributed by atoms with Gasteiger partial charge in [-0.1, -0.05) is 0 Å². The van der Waals surface area contributed by atoms with Crippen LogP contribution >= 0.6 is 19.4 Å². The number of rotatable bonds is 4. The van der Waals surface area contributed by atoms with Crippen molar-refractivity contribution in [3.05, 3.63) is 22.5 Å². The van der Waals surface area contributed by atoms with Crippen LogP contribution in [0.3, 0.4) is 0 Å². The zero-order valence-electron chi connectivity index (χ0n) is 13.8. The molecule has 1 aromatic heterocycles. The van der Waals surface area contributed by atoms with Gasteiger partial charge in [-0.15, -0.1) is 11.6 Å². The summed E-state index contributed by atoms with van der Waals surface area (Å²) in [5.41, 5.74) is 4.20. The third kappa shape index (κ3) is 3.51. The van der Waals surface area contributed by atoms with Crippen molar-refractivity contribution >= 4 is 25.2 Å². The van der Waals surface area contributed by atoms with Crippen molar-refractivity contribution in [1.82, 2.24) is 9.55 Å². The molecule has 2 fully saturated rings. The Morgan fingerprint density at radius 1 is 1.46 bits per heavy atom. The fraction of sp³-hybridized carbons (Fsp3) is 0.692. The van der Waals surface area contributed by atoms with Crippen molar-refractivity contribution < 1.29 is 31.7 Å². The molecule has 1 unspecified atom stereocenters. The molecule has 1 aromatic rings. The van der Waals surface area contributed by atoms with Gasteiger partial charge in [0.2, 0.25) is 0 Å². The maximum Gasteiger partial charge on any atom is 0.475 e. The largest absolute Gasteiger partial charge is 0.475 e. The second kappa shape index (κ2) is 7.14. The first-order valence-corrected chi connectivity index (χ1v) is 9.69. The van der Waals surface area contributed by atoms with E-state index in [0.717, 1.165) is 0 Å². The van der Waals surface area contributed by atoms with Crippen LogP contribution in [0.5, 0.6) is 0 Å². The lowest BCUT2D eigenvalue weighted by molar-refractivity contribution is -0.106. The van der Waals surface area contributed by atoms with Gasteiger partial charge in [-0.3, -0.25) is 18.1 Å². The van der Waals surface area contributed by atoms with E-state index < -0.39 is 62.0 Å². The Morgan fingerprint density at radius 2 is 2.15 bits per heavy atom. The van der Waals surface area contributed by atoms with Crippen LogP contribution in [0.2, 0.25) is 0 Å². The molecule has 0 radical (unpaired) electrons. The predicted molar refractivity (Wildman–Crippen MR) is 86.0 cm³/mol. The summed E-state index contributed by atoms with van der Waals surface area (Å²) in [6.07, 6.45) is -6.92. The molecule has 0 saturated carbocycles. The number of phosphoric ester groups is 1. The first-order chi connectivity index (χ1) is 12.1. The Bertz CT molecular complexity index is 796. The van der Waals surface area contributed by atoms with E-state index in [9.17, 15) is 18.1 Å². The van der Waals surface area contributed by atoms with Crippen LogP contribution in [0.15, 0.2) is 11.0 Å². The number of hydrogen-bond donors (Lipinski definition) is 1. The van der Waals surface area contributed by atoms with Crippen LogP contribution in [0.25, 0.3) is 0 Å². The molecule has 0 aromatic carbocycles. The van der Waals surface area contributed by atoms with E-state index in [0.29, 0.717) is 10.8 Å². The number of nitrogens with zero attached hydrogens (tertiary/aromatic N) is 2. The van der Waals surface area contributed by atoms with Gasteiger partial charge in [0.25, 0.3) is 0 Å². The number of hydrogen-bond acceptors (Lipinski definition) is 8. The maximum atomic E-state index is 14.9. The number of alkyl halides is 2. The average molecular weight is 416 g/mol. The SMILES string of the molecule is CC(C)O[P@]1(=O)OC(CCl)[C@@H]2O[C@@H](n3cc(F)c(N)nc3=O)[C@@H](F)[C@@H]2O1. The van der Waals surface area contributed by atoms with Gasteiger partial charge in [0.15, 0.2) is 24.0 Å². The quantitative estimate of drug-likeness (QED) is 0.584. The van der Waals surface area contributed by atoms with Gasteiger partial charge in [-0.2, -0.15) is 4.98 Å². The molecular weight excluding hydrogens is 399 g/mol.